The van der Waals surface area contributed by atoms with Crippen molar-refractivity contribution in [3.8, 4) is 0 Å². The molecule has 0 aliphatic heterocycles. The molecule has 1 nitrogen and oxygen atoms in total. The van der Waals surface area contributed by atoms with E-state index in [0.29, 0.717) is 0 Å². The lowest BCUT2D eigenvalue weighted by atomic mass is 9.71. The van der Waals surface area contributed by atoms with Gasteiger partial charge in [-0.25, -0.2) is 0 Å². The highest BCUT2D eigenvalue weighted by Gasteiger charge is 2.86. The van der Waals surface area contributed by atoms with Gasteiger partial charge < -0.3 is 0 Å². The molecule has 0 heterocycles. The van der Waals surface area contributed by atoms with Crippen molar-refractivity contribution in [2.45, 2.75) is 19.5 Å². The largest absolute Gasteiger partial charge is 0.291 e. The van der Waals surface area contributed by atoms with E-state index in [0.717, 1.165) is 0 Å². The number of halogens is 7. The summed E-state index contributed by atoms with van der Waals surface area (Å²) in [6, 6.07) is 0. The van der Waals surface area contributed by atoms with E-state index in [1.807, 2.05) is 0 Å². The van der Waals surface area contributed by atoms with Crippen LogP contribution in [0.4, 0.5) is 0 Å². The first-order valence-electron chi connectivity index (χ1n) is 3.63. The second-order valence-corrected chi connectivity index (χ2v) is 7.05. The number of hydrogen-bond acceptors (Lipinski definition) is 1. The number of alkyl halides is 5. The van der Waals surface area contributed by atoms with E-state index in [1.165, 1.54) is 0 Å². The zero-order valence-electron chi connectivity index (χ0n) is 6.63. The van der Waals surface area contributed by atoms with E-state index < -0.39 is 25.2 Å². The van der Waals surface area contributed by atoms with Crippen LogP contribution in [0.15, 0.2) is 10.1 Å². The fraction of sp³-hybridized carbons (Fsp3) is 0.571. The summed E-state index contributed by atoms with van der Waals surface area (Å²) >= 11 is 41.3. The molecule has 0 radical (unpaired) electrons. The number of Topliss-reactive ketones (excluding diaryl/α,β-unsaturated/α-hetero) is 1. The first-order chi connectivity index (χ1) is 6.63. The molecule has 3 atom stereocenters. The van der Waals surface area contributed by atoms with Gasteiger partial charge in [-0.3, -0.25) is 4.79 Å². The van der Waals surface area contributed by atoms with E-state index in [4.69, 9.17) is 81.2 Å². The third kappa shape index (κ3) is 1.05. The van der Waals surface area contributed by atoms with Crippen molar-refractivity contribution in [3.63, 3.8) is 0 Å². The summed E-state index contributed by atoms with van der Waals surface area (Å²) in [5, 5.41) is -1.49. The molecule has 1 saturated carbocycles. The Morgan fingerprint density at radius 3 is 1.93 bits per heavy atom. The molecule has 2 aliphatic rings. The molecule has 0 spiro atoms. The molecule has 2 rings (SSSR count). The van der Waals surface area contributed by atoms with Gasteiger partial charge in [-0.1, -0.05) is 46.4 Å². The number of allylic oxidation sites excluding steroid dienone is 2. The molecule has 0 saturated heterocycles. The minimum Gasteiger partial charge on any atom is -0.291 e. The number of ketones is 1. The molecule has 84 valence electrons. The number of hydrogen-bond donors (Lipinski definition) is 0. The Balaban J connectivity index is 2.67. The summed E-state index contributed by atoms with van der Waals surface area (Å²) in [5.41, 5.74) is 0. The zero-order chi connectivity index (χ0) is 11.8. The Morgan fingerprint density at radius 2 is 1.53 bits per heavy atom. The summed E-state index contributed by atoms with van der Waals surface area (Å²) in [6.45, 7) is 0. The minimum absolute atomic E-state index is 0.160. The van der Waals surface area contributed by atoms with Crippen molar-refractivity contribution in [2.24, 2.45) is 0 Å². The average molecular weight is 349 g/mol. The second-order valence-electron chi connectivity index (χ2n) is 3.31. The van der Waals surface area contributed by atoms with Crippen LogP contribution >= 0.6 is 81.2 Å². The maximum atomic E-state index is 11.7. The van der Waals surface area contributed by atoms with Crippen molar-refractivity contribution >= 4 is 87.0 Å². The Labute approximate surface area is 121 Å². The van der Waals surface area contributed by atoms with E-state index in [2.05, 4.69) is 0 Å². The van der Waals surface area contributed by atoms with Gasteiger partial charge in [-0.05, 0) is 0 Å². The van der Waals surface area contributed by atoms with Gasteiger partial charge in [0.15, 0.2) is 15.0 Å². The van der Waals surface area contributed by atoms with Crippen molar-refractivity contribution < 1.29 is 4.79 Å². The predicted molar refractivity (Wildman–Crippen MR) is 65.0 cm³/mol. The molecule has 0 unspecified atom stereocenters. The van der Waals surface area contributed by atoms with Crippen LogP contribution in [0.1, 0.15) is 0 Å². The average Bonchev–Trinajstić information content (AvgIpc) is 2.31. The Bertz CT molecular complexity index is 402. The minimum atomic E-state index is -1.67. The molecule has 0 aromatic rings. The van der Waals surface area contributed by atoms with Gasteiger partial charge in [0.05, 0.1) is 10.4 Å². The molecule has 0 aromatic carbocycles. The van der Waals surface area contributed by atoms with E-state index in [9.17, 15) is 4.79 Å². The summed E-state index contributed by atoms with van der Waals surface area (Å²) < 4.78 is -1.64. The summed E-state index contributed by atoms with van der Waals surface area (Å²) in [4.78, 5) is 8.38. The summed E-state index contributed by atoms with van der Waals surface area (Å²) in [7, 11) is 0. The van der Waals surface area contributed by atoms with Gasteiger partial charge in [0.1, 0.15) is 9.91 Å². The summed E-state index contributed by atoms with van der Waals surface area (Å²) in [5.74, 6) is -0.650. The smallest absolute Gasteiger partial charge is 0.200 e. The number of rotatable bonds is 0. The fourth-order valence-corrected chi connectivity index (χ4v) is 5.13. The third-order valence-corrected chi connectivity index (χ3v) is 7.42. The quantitative estimate of drug-likeness (QED) is 0.604. The van der Waals surface area contributed by atoms with Crippen molar-refractivity contribution in [3.05, 3.63) is 10.1 Å². The lowest BCUT2D eigenvalue weighted by molar-refractivity contribution is -0.118. The Kier molecular flexibility index (Phi) is 2.80. The monoisotopic (exact) mass is 346 g/mol. The van der Waals surface area contributed by atoms with Crippen LogP contribution in [0.5, 0.6) is 0 Å². The number of fused-ring (bicyclic) bond motifs is 1. The lowest BCUT2D eigenvalue weighted by Crippen LogP contribution is -2.78. The molecular weight excluding hydrogens is 348 g/mol. The predicted octanol–water partition coefficient (Wildman–Crippen LogP) is 4.01. The van der Waals surface area contributed by atoms with E-state index in [-0.39, 0.29) is 10.1 Å². The van der Waals surface area contributed by atoms with Crippen LogP contribution < -0.4 is 0 Å². The van der Waals surface area contributed by atoms with Gasteiger partial charge in [0, 0.05) is 0 Å². The number of carbonyl (C=O) groups excluding carboxylic acids is 1. The third-order valence-electron chi connectivity index (χ3n) is 2.65. The maximum Gasteiger partial charge on any atom is 0.200 e. The summed E-state index contributed by atoms with van der Waals surface area (Å²) in [6.07, 6.45) is 0. The Hall–Kier alpha value is 1.44. The molecule has 8 heteroatoms. The van der Waals surface area contributed by atoms with Gasteiger partial charge in [0.2, 0.25) is 0 Å². The second kappa shape index (κ2) is 3.26. The number of carbonyl (C=O) groups is 1. The highest BCUT2D eigenvalue weighted by molar-refractivity contribution is 6.72. The molecule has 2 aliphatic carbocycles. The maximum absolute atomic E-state index is 11.7. The van der Waals surface area contributed by atoms with Crippen molar-refractivity contribution in [1.29, 1.82) is 0 Å². The highest BCUT2D eigenvalue weighted by Crippen LogP contribution is 2.73. The van der Waals surface area contributed by atoms with Gasteiger partial charge in [-0.15, -0.1) is 34.8 Å². The van der Waals surface area contributed by atoms with Crippen LogP contribution in [0.3, 0.4) is 0 Å². The van der Waals surface area contributed by atoms with Gasteiger partial charge in [-0.2, -0.15) is 0 Å². The molecule has 0 N–H and O–H groups in total. The molecule has 0 bridgehead atoms. The molecule has 1 fully saturated rings. The van der Waals surface area contributed by atoms with E-state index >= 15 is 0 Å². The van der Waals surface area contributed by atoms with Crippen LogP contribution in [0.2, 0.25) is 0 Å². The van der Waals surface area contributed by atoms with Crippen LogP contribution in [0.25, 0.3) is 0 Å². The SMILES string of the molecule is O=C1C(Cl)=C(Cl)[C@]2(Cl)C(Cl)(Cl)[C@H](Cl)[C@@]12Cl. The fourth-order valence-electron chi connectivity index (χ4n) is 1.75. The normalized spacial score (nSPS) is 47.9. The lowest BCUT2D eigenvalue weighted by Gasteiger charge is -2.58. The molecule has 0 aromatic heterocycles. The Morgan fingerprint density at radius 1 is 1.07 bits per heavy atom. The van der Waals surface area contributed by atoms with Crippen LogP contribution in [-0.4, -0.2) is 25.2 Å². The highest BCUT2D eigenvalue weighted by atomic mass is 35.5. The first kappa shape index (κ1) is 12.9. The van der Waals surface area contributed by atoms with Gasteiger partial charge >= 0.3 is 0 Å². The van der Waals surface area contributed by atoms with E-state index in [1.54, 1.807) is 0 Å². The van der Waals surface area contributed by atoms with Gasteiger partial charge in [0.25, 0.3) is 0 Å². The van der Waals surface area contributed by atoms with Crippen LogP contribution in [-0.2, 0) is 4.79 Å². The topological polar surface area (TPSA) is 17.1 Å². The molecular formula is C7HCl7O. The van der Waals surface area contributed by atoms with Crippen LogP contribution in [0, 0.1) is 0 Å². The molecule has 15 heavy (non-hydrogen) atoms. The molecule has 0 amide bonds. The van der Waals surface area contributed by atoms with Crippen molar-refractivity contribution in [1.82, 2.24) is 0 Å². The van der Waals surface area contributed by atoms with Crippen molar-refractivity contribution in [2.75, 3.05) is 0 Å². The first-order valence-corrected chi connectivity index (χ1v) is 6.34. The zero-order valence-corrected chi connectivity index (χ0v) is 11.9. The standard InChI is InChI=1S/C7HCl7O/c8-1-2(9)6(12)5(11,3(1)15)4(10)7(6,13)14/h4H/t4-,5+,6-/m1/s1.